The Kier molecular flexibility index (Phi) is 6.79. The number of thioether (sulfide) groups is 1. The summed E-state index contributed by atoms with van der Waals surface area (Å²) >= 11 is 0.935. The van der Waals surface area contributed by atoms with Crippen LogP contribution < -0.4 is 10.2 Å². The summed E-state index contributed by atoms with van der Waals surface area (Å²) in [6, 6.07) is 9.36. The Hall–Kier alpha value is -2.27. The first kappa shape index (κ1) is 20.5. The molecule has 0 saturated carbocycles. The molecule has 11 heteroatoms. The number of alkyl halides is 3. The van der Waals surface area contributed by atoms with Gasteiger partial charge in [-0.2, -0.15) is 13.2 Å². The average Bonchev–Trinajstić information content (AvgIpc) is 3.07. The number of hydrogen-bond acceptors (Lipinski definition) is 6. The van der Waals surface area contributed by atoms with Crippen molar-refractivity contribution in [2.45, 2.75) is 24.4 Å². The van der Waals surface area contributed by atoms with Gasteiger partial charge in [-0.25, -0.2) is 0 Å². The van der Waals surface area contributed by atoms with E-state index in [1.54, 1.807) is 4.90 Å². The zero-order valence-corrected chi connectivity index (χ0v) is 15.8. The van der Waals surface area contributed by atoms with Crippen molar-refractivity contribution in [3.63, 3.8) is 0 Å². The normalized spacial score (nSPS) is 14.9. The van der Waals surface area contributed by atoms with E-state index in [2.05, 4.69) is 15.5 Å². The lowest BCUT2D eigenvalue weighted by Gasteiger charge is -2.28. The third kappa shape index (κ3) is 5.86. The quantitative estimate of drug-likeness (QED) is 0.699. The van der Waals surface area contributed by atoms with Crippen LogP contribution in [0.5, 0.6) is 0 Å². The van der Waals surface area contributed by atoms with Crippen molar-refractivity contribution >= 4 is 23.6 Å². The Morgan fingerprint density at radius 3 is 2.57 bits per heavy atom. The van der Waals surface area contributed by atoms with Crippen molar-refractivity contribution in [3.05, 3.63) is 35.9 Å². The number of rotatable bonds is 7. The van der Waals surface area contributed by atoms with Gasteiger partial charge in [0.2, 0.25) is 11.9 Å². The number of nitrogens with one attached hydrogen (secondary N) is 1. The Labute approximate surface area is 164 Å². The molecule has 1 aliphatic heterocycles. The van der Waals surface area contributed by atoms with Gasteiger partial charge in [0.15, 0.2) is 5.16 Å². The molecule has 7 nitrogen and oxygen atoms in total. The first-order valence-corrected chi connectivity index (χ1v) is 9.67. The highest BCUT2D eigenvalue weighted by Gasteiger charge is 2.33. The minimum absolute atomic E-state index is 0.0497. The highest BCUT2D eigenvalue weighted by atomic mass is 32.2. The zero-order valence-electron chi connectivity index (χ0n) is 15.0. The fourth-order valence-electron chi connectivity index (χ4n) is 2.68. The number of nitrogens with zero attached hydrogens (tertiary/aromatic N) is 4. The Bertz CT molecular complexity index is 779. The van der Waals surface area contributed by atoms with E-state index in [0.29, 0.717) is 32.8 Å². The van der Waals surface area contributed by atoms with Crippen molar-refractivity contribution in [2.24, 2.45) is 0 Å². The van der Waals surface area contributed by atoms with Crippen molar-refractivity contribution in [2.75, 3.05) is 37.0 Å². The van der Waals surface area contributed by atoms with Crippen LogP contribution in [0.4, 0.5) is 19.1 Å². The minimum Gasteiger partial charge on any atom is -0.378 e. The lowest BCUT2D eigenvalue weighted by Crippen LogP contribution is -2.38. The second kappa shape index (κ2) is 9.28. The first-order chi connectivity index (χ1) is 13.4. The molecule has 0 bridgehead atoms. The molecule has 152 valence electrons. The van der Waals surface area contributed by atoms with E-state index in [-0.39, 0.29) is 22.8 Å². The Morgan fingerprint density at radius 1 is 1.18 bits per heavy atom. The molecule has 0 unspecified atom stereocenters. The summed E-state index contributed by atoms with van der Waals surface area (Å²) in [7, 11) is 0. The third-order valence-corrected chi connectivity index (χ3v) is 4.96. The van der Waals surface area contributed by atoms with Crippen LogP contribution in [0.25, 0.3) is 0 Å². The summed E-state index contributed by atoms with van der Waals surface area (Å²) in [5, 5.41) is 10.6. The summed E-state index contributed by atoms with van der Waals surface area (Å²) < 4.78 is 45.4. The average molecular weight is 415 g/mol. The molecule has 1 fully saturated rings. The molecule has 2 heterocycles. The molecule has 1 amide bonds. The molecular weight excluding hydrogens is 395 g/mol. The highest BCUT2D eigenvalue weighted by Crippen LogP contribution is 2.27. The maximum absolute atomic E-state index is 13.0. The van der Waals surface area contributed by atoms with Gasteiger partial charge >= 0.3 is 6.18 Å². The second-order valence-corrected chi connectivity index (χ2v) is 7.08. The molecule has 1 aliphatic rings. The third-order valence-electron chi connectivity index (χ3n) is 3.99. The van der Waals surface area contributed by atoms with Crippen molar-refractivity contribution in [1.82, 2.24) is 20.1 Å². The lowest BCUT2D eigenvalue weighted by molar-refractivity contribution is -0.141. The maximum atomic E-state index is 13.0. The molecule has 1 aromatic carbocycles. The van der Waals surface area contributed by atoms with Crippen LogP contribution in [0.2, 0.25) is 0 Å². The molecular formula is C17H20F3N5O2S. The van der Waals surface area contributed by atoms with Crippen LogP contribution in [-0.2, 0) is 22.6 Å². The van der Waals surface area contributed by atoms with E-state index in [9.17, 15) is 18.0 Å². The summed E-state index contributed by atoms with van der Waals surface area (Å²) in [6.07, 6.45) is -4.42. The van der Waals surface area contributed by atoms with Gasteiger partial charge in [-0.05, 0) is 5.56 Å². The number of hydrogen-bond donors (Lipinski definition) is 1. The summed E-state index contributed by atoms with van der Waals surface area (Å²) in [5.41, 5.74) is 0.940. The van der Waals surface area contributed by atoms with Crippen LogP contribution >= 0.6 is 11.8 Å². The number of ether oxygens (including phenoxy) is 1. The Morgan fingerprint density at radius 2 is 1.89 bits per heavy atom. The van der Waals surface area contributed by atoms with Gasteiger partial charge in [-0.15, -0.1) is 10.2 Å². The van der Waals surface area contributed by atoms with Gasteiger partial charge < -0.3 is 15.0 Å². The molecule has 2 aromatic rings. The molecule has 3 rings (SSSR count). The predicted molar refractivity (Wildman–Crippen MR) is 98.1 cm³/mol. The largest absolute Gasteiger partial charge is 0.406 e. The van der Waals surface area contributed by atoms with Crippen LogP contribution in [0.3, 0.4) is 0 Å². The molecule has 0 spiro atoms. The number of amides is 1. The van der Waals surface area contributed by atoms with Gasteiger partial charge in [0, 0.05) is 19.6 Å². The summed E-state index contributed by atoms with van der Waals surface area (Å²) in [6.45, 7) is 0.873. The lowest BCUT2D eigenvalue weighted by atomic mass is 10.2. The number of benzene rings is 1. The van der Waals surface area contributed by atoms with E-state index in [0.717, 1.165) is 21.9 Å². The summed E-state index contributed by atoms with van der Waals surface area (Å²) in [5.74, 6) is -0.192. The highest BCUT2D eigenvalue weighted by molar-refractivity contribution is 7.99. The fourth-order valence-corrected chi connectivity index (χ4v) is 3.44. The molecule has 1 aromatic heterocycles. The van der Waals surface area contributed by atoms with E-state index >= 15 is 0 Å². The predicted octanol–water partition coefficient (Wildman–Crippen LogP) is 2.09. The van der Waals surface area contributed by atoms with Gasteiger partial charge in [0.1, 0.15) is 6.54 Å². The summed E-state index contributed by atoms with van der Waals surface area (Å²) in [4.78, 5) is 13.8. The zero-order chi connectivity index (χ0) is 20.0. The molecule has 0 atom stereocenters. The number of anilines is 1. The molecule has 0 aliphatic carbocycles. The fraction of sp³-hybridized carbons (Fsp3) is 0.471. The number of carbonyl (C=O) groups is 1. The second-order valence-electron chi connectivity index (χ2n) is 6.13. The SMILES string of the molecule is O=C(CSc1nnc(N2CCOCC2)n1CC(F)(F)F)NCc1ccccc1. The van der Waals surface area contributed by atoms with Crippen LogP contribution in [0.1, 0.15) is 5.56 Å². The topological polar surface area (TPSA) is 72.3 Å². The number of carbonyl (C=O) groups excluding carboxylic acids is 1. The number of morpholine rings is 1. The maximum Gasteiger partial charge on any atom is 0.406 e. The molecule has 28 heavy (non-hydrogen) atoms. The van der Waals surface area contributed by atoms with Crippen LogP contribution in [0.15, 0.2) is 35.5 Å². The van der Waals surface area contributed by atoms with Gasteiger partial charge in [-0.1, -0.05) is 42.1 Å². The van der Waals surface area contributed by atoms with E-state index in [1.165, 1.54) is 0 Å². The molecule has 1 saturated heterocycles. The van der Waals surface area contributed by atoms with Gasteiger partial charge in [-0.3, -0.25) is 9.36 Å². The van der Waals surface area contributed by atoms with Crippen molar-refractivity contribution < 1.29 is 22.7 Å². The van der Waals surface area contributed by atoms with Gasteiger partial charge in [0.25, 0.3) is 0 Å². The smallest absolute Gasteiger partial charge is 0.378 e. The van der Waals surface area contributed by atoms with Crippen molar-refractivity contribution in [1.29, 1.82) is 0 Å². The Balaban J connectivity index is 1.63. The molecule has 0 radical (unpaired) electrons. The monoisotopic (exact) mass is 415 g/mol. The van der Waals surface area contributed by atoms with Crippen LogP contribution in [-0.4, -0.2) is 58.9 Å². The van der Waals surface area contributed by atoms with E-state index in [1.807, 2.05) is 30.3 Å². The molecule has 1 N–H and O–H groups in total. The van der Waals surface area contributed by atoms with Crippen LogP contribution in [0, 0.1) is 0 Å². The number of aromatic nitrogens is 3. The van der Waals surface area contributed by atoms with Crippen molar-refractivity contribution in [3.8, 4) is 0 Å². The minimum atomic E-state index is -4.42. The standard InChI is InChI=1S/C17H20F3N5O2S/c18-17(19,20)12-25-15(24-6-8-27-9-7-24)22-23-16(25)28-11-14(26)21-10-13-4-2-1-3-5-13/h1-5H,6-12H2,(H,21,26). The van der Waals surface area contributed by atoms with E-state index in [4.69, 9.17) is 4.74 Å². The van der Waals surface area contributed by atoms with Gasteiger partial charge in [0.05, 0.1) is 19.0 Å². The first-order valence-electron chi connectivity index (χ1n) is 8.68. The van der Waals surface area contributed by atoms with E-state index < -0.39 is 12.7 Å². The number of halogens is 3.